The van der Waals surface area contributed by atoms with E-state index in [2.05, 4.69) is 121 Å². The lowest BCUT2D eigenvalue weighted by molar-refractivity contribution is 0.0237. The summed E-state index contributed by atoms with van der Waals surface area (Å²) in [5.74, 6) is 0.534. The quantitative estimate of drug-likeness (QED) is 0.304. The van der Waals surface area contributed by atoms with Crippen LogP contribution in [0.5, 0.6) is 0 Å². The predicted molar refractivity (Wildman–Crippen MR) is 142 cm³/mol. The second-order valence-electron chi connectivity index (χ2n) is 8.81. The molecule has 2 heterocycles. The lowest BCUT2D eigenvalue weighted by Gasteiger charge is -2.32. The molecule has 0 aliphatic carbocycles. The molecule has 1 aliphatic rings. The molecule has 0 amide bonds. The smallest absolute Gasteiger partial charge is 0.138 e. The molecule has 3 aromatic carbocycles. The minimum absolute atomic E-state index is 0.0341. The van der Waals surface area contributed by atoms with E-state index in [0.29, 0.717) is 12.0 Å². The zero-order valence-electron chi connectivity index (χ0n) is 19.2. The van der Waals surface area contributed by atoms with E-state index in [9.17, 15) is 0 Å². The summed E-state index contributed by atoms with van der Waals surface area (Å²) >= 11 is 1.83. The topological polar surface area (TPSA) is 12.5 Å². The first-order valence-electron chi connectivity index (χ1n) is 11.6. The monoisotopic (exact) mass is 471 g/mol. The Morgan fingerprint density at radius 3 is 2.09 bits per heavy atom. The molecule has 33 heavy (non-hydrogen) atoms. The van der Waals surface area contributed by atoms with E-state index in [1.807, 2.05) is 11.3 Å². The van der Waals surface area contributed by atoms with Crippen molar-refractivity contribution in [1.82, 2.24) is 4.90 Å². The number of hydrogen-bond donors (Lipinski definition) is 0. The Labute approximate surface area is 202 Å². The third-order valence-corrected chi connectivity index (χ3v) is 9.69. The van der Waals surface area contributed by atoms with Gasteiger partial charge in [0.2, 0.25) is 0 Å². The van der Waals surface area contributed by atoms with Crippen molar-refractivity contribution < 1.29 is 4.74 Å². The Morgan fingerprint density at radius 2 is 1.48 bits per heavy atom. The van der Waals surface area contributed by atoms with Gasteiger partial charge >= 0.3 is 0 Å². The Morgan fingerprint density at radius 1 is 0.848 bits per heavy atom. The number of nitrogens with zero attached hydrogens (tertiary/aromatic N) is 1. The number of ether oxygens (including phenoxy) is 1. The molecule has 1 saturated heterocycles. The van der Waals surface area contributed by atoms with Gasteiger partial charge in [-0.1, -0.05) is 105 Å². The van der Waals surface area contributed by atoms with Gasteiger partial charge in [0.1, 0.15) is 6.23 Å². The molecule has 2 unspecified atom stereocenters. The van der Waals surface area contributed by atoms with Gasteiger partial charge in [-0.15, -0.1) is 11.3 Å². The maximum Gasteiger partial charge on any atom is 0.138 e. The van der Waals surface area contributed by atoms with E-state index in [4.69, 9.17) is 4.74 Å². The van der Waals surface area contributed by atoms with E-state index < -0.39 is 7.92 Å². The van der Waals surface area contributed by atoms with Gasteiger partial charge in [0.15, 0.2) is 0 Å². The second kappa shape index (κ2) is 10.3. The van der Waals surface area contributed by atoms with Crippen molar-refractivity contribution in [3.8, 4) is 0 Å². The molecule has 168 valence electrons. The lowest BCUT2D eigenvalue weighted by Crippen LogP contribution is -2.37. The van der Waals surface area contributed by atoms with Crippen LogP contribution in [-0.2, 0) is 11.3 Å². The molecule has 0 spiro atoms. The highest BCUT2D eigenvalue weighted by atomic mass is 32.1. The maximum atomic E-state index is 6.58. The first kappa shape index (κ1) is 22.5. The van der Waals surface area contributed by atoms with Crippen LogP contribution < -0.4 is 15.9 Å². The van der Waals surface area contributed by atoms with Crippen LogP contribution in [0, 0.1) is 5.92 Å². The van der Waals surface area contributed by atoms with Crippen molar-refractivity contribution in [1.29, 1.82) is 0 Å². The number of benzene rings is 3. The SMILES string of the molecule is CC(C)C1COC(c2ccccc2P(c2ccccc2)c2ccccc2)N1Cc1cccs1. The van der Waals surface area contributed by atoms with Crippen molar-refractivity contribution in [2.45, 2.75) is 32.7 Å². The fourth-order valence-corrected chi connectivity index (χ4v) is 7.85. The normalized spacial score (nSPS) is 18.9. The minimum Gasteiger partial charge on any atom is -0.357 e. The minimum atomic E-state index is -0.686. The highest BCUT2D eigenvalue weighted by Crippen LogP contribution is 2.40. The van der Waals surface area contributed by atoms with Crippen LogP contribution in [0.4, 0.5) is 0 Å². The van der Waals surface area contributed by atoms with Gasteiger partial charge in [0.05, 0.1) is 6.61 Å². The standard InChI is InChI=1S/C29H30NOPS/c1-22(2)27-21-31-29(30(27)20-25-16-11-19-33-25)26-17-9-10-18-28(26)32(23-12-5-3-6-13-23)24-14-7-4-8-15-24/h3-19,22,27,29H,20-21H2,1-2H3. The van der Waals surface area contributed by atoms with Gasteiger partial charge in [-0.25, -0.2) is 0 Å². The fraction of sp³-hybridized carbons (Fsp3) is 0.241. The summed E-state index contributed by atoms with van der Waals surface area (Å²) in [6, 6.07) is 35.6. The molecule has 4 heteroatoms. The Bertz CT molecular complexity index is 1110. The molecular formula is C29H30NOPS. The van der Waals surface area contributed by atoms with Gasteiger partial charge < -0.3 is 4.74 Å². The van der Waals surface area contributed by atoms with Crippen LogP contribution in [0.15, 0.2) is 102 Å². The largest absolute Gasteiger partial charge is 0.357 e. The number of rotatable bonds is 7. The molecule has 0 saturated carbocycles. The molecule has 1 aliphatic heterocycles. The Balaban J connectivity index is 1.60. The summed E-state index contributed by atoms with van der Waals surface area (Å²) in [6.07, 6.45) is -0.0341. The highest BCUT2D eigenvalue weighted by Gasteiger charge is 2.39. The van der Waals surface area contributed by atoms with Crippen LogP contribution in [-0.4, -0.2) is 17.5 Å². The zero-order chi connectivity index (χ0) is 22.6. The molecule has 1 aromatic heterocycles. The summed E-state index contributed by atoms with van der Waals surface area (Å²) in [7, 11) is -0.686. The molecule has 5 rings (SSSR count). The van der Waals surface area contributed by atoms with E-state index in [-0.39, 0.29) is 6.23 Å². The third-order valence-electron chi connectivity index (χ3n) is 6.31. The third kappa shape index (κ3) is 4.83. The van der Waals surface area contributed by atoms with E-state index in [1.54, 1.807) is 0 Å². The zero-order valence-corrected chi connectivity index (χ0v) is 20.9. The summed E-state index contributed by atoms with van der Waals surface area (Å²) in [5.41, 5.74) is 1.30. The molecular weight excluding hydrogens is 441 g/mol. The van der Waals surface area contributed by atoms with Crippen molar-refractivity contribution in [3.63, 3.8) is 0 Å². The number of thiophene rings is 1. The van der Waals surface area contributed by atoms with Gasteiger partial charge in [0.25, 0.3) is 0 Å². The van der Waals surface area contributed by atoms with Crippen LogP contribution in [0.2, 0.25) is 0 Å². The maximum absolute atomic E-state index is 6.58. The molecule has 0 radical (unpaired) electrons. The van der Waals surface area contributed by atoms with Crippen LogP contribution in [0.25, 0.3) is 0 Å². The number of hydrogen-bond acceptors (Lipinski definition) is 3. The molecule has 0 N–H and O–H groups in total. The first-order chi connectivity index (χ1) is 16.2. The van der Waals surface area contributed by atoms with E-state index in [1.165, 1.54) is 26.4 Å². The molecule has 1 fully saturated rings. The average molecular weight is 472 g/mol. The molecule has 0 bridgehead atoms. The summed E-state index contributed by atoms with van der Waals surface area (Å²) in [6.45, 7) is 6.32. The summed E-state index contributed by atoms with van der Waals surface area (Å²) < 4.78 is 6.58. The second-order valence-corrected chi connectivity index (χ2v) is 12.0. The van der Waals surface area contributed by atoms with Gasteiger partial charge in [-0.2, -0.15) is 0 Å². The Hall–Kier alpha value is -2.29. The van der Waals surface area contributed by atoms with Gasteiger partial charge in [-0.3, -0.25) is 4.90 Å². The molecule has 4 aromatic rings. The van der Waals surface area contributed by atoms with Crippen molar-refractivity contribution >= 4 is 35.2 Å². The van der Waals surface area contributed by atoms with Crippen LogP contribution >= 0.6 is 19.3 Å². The van der Waals surface area contributed by atoms with Crippen molar-refractivity contribution in [3.05, 3.63) is 113 Å². The summed E-state index contributed by atoms with van der Waals surface area (Å²) in [4.78, 5) is 3.97. The fourth-order valence-electron chi connectivity index (χ4n) is 4.66. The molecule has 2 atom stereocenters. The van der Waals surface area contributed by atoms with Gasteiger partial charge in [-0.05, 0) is 41.2 Å². The van der Waals surface area contributed by atoms with Gasteiger partial charge in [0, 0.05) is 23.0 Å². The van der Waals surface area contributed by atoms with Crippen molar-refractivity contribution in [2.24, 2.45) is 5.92 Å². The van der Waals surface area contributed by atoms with Crippen molar-refractivity contribution in [2.75, 3.05) is 6.61 Å². The van der Waals surface area contributed by atoms with E-state index in [0.717, 1.165) is 13.2 Å². The lowest BCUT2D eigenvalue weighted by atomic mass is 10.0. The van der Waals surface area contributed by atoms with Crippen LogP contribution in [0.1, 0.15) is 30.5 Å². The Kier molecular flexibility index (Phi) is 7.04. The predicted octanol–water partition coefficient (Wildman–Crippen LogP) is 6.06. The average Bonchev–Trinajstić information content (AvgIpc) is 3.52. The van der Waals surface area contributed by atoms with Crippen LogP contribution in [0.3, 0.4) is 0 Å². The molecule has 2 nitrogen and oxygen atoms in total. The summed E-state index contributed by atoms with van der Waals surface area (Å²) in [5, 5.41) is 6.29. The van der Waals surface area contributed by atoms with E-state index >= 15 is 0 Å². The first-order valence-corrected chi connectivity index (χ1v) is 13.8. The highest BCUT2D eigenvalue weighted by molar-refractivity contribution is 7.79.